The quantitative estimate of drug-likeness (QED) is 0.548. The van der Waals surface area contributed by atoms with Crippen LogP contribution in [0.3, 0.4) is 0 Å². The molecular formula is C25H27N3O4S. The number of carbonyl (C=O) groups is 1. The monoisotopic (exact) mass is 465 g/mol. The summed E-state index contributed by atoms with van der Waals surface area (Å²) in [6.45, 7) is 8.51. The molecule has 5 rings (SSSR count). The average Bonchev–Trinajstić information content (AvgIpc) is 3.44. The van der Waals surface area contributed by atoms with Crippen LogP contribution in [0.2, 0.25) is 0 Å². The lowest BCUT2D eigenvalue weighted by molar-refractivity contribution is 0.0632. The maximum atomic E-state index is 13.1. The Morgan fingerprint density at radius 3 is 2.58 bits per heavy atom. The first kappa shape index (κ1) is 21.7. The Labute approximate surface area is 197 Å². The van der Waals surface area contributed by atoms with Crippen LogP contribution < -0.4 is 14.2 Å². The molecule has 1 fully saturated rings. The first-order valence-electron chi connectivity index (χ1n) is 11.1. The van der Waals surface area contributed by atoms with Gasteiger partial charge in [-0.25, -0.2) is 4.98 Å². The number of rotatable bonds is 6. The van der Waals surface area contributed by atoms with Crippen LogP contribution in [0, 0.1) is 13.8 Å². The van der Waals surface area contributed by atoms with E-state index in [4.69, 9.17) is 14.2 Å². The Balaban J connectivity index is 1.15. The van der Waals surface area contributed by atoms with Crippen molar-refractivity contribution in [2.75, 3.05) is 33.0 Å². The van der Waals surface area contributed by atoms with Gasteiger partial charge in [0, 0.05) is 32.7 Å². The van der Waals surface area contributed by atoms with Crippen LogP contribution in [0.25, 0.3) is 0 Å². The molecule has 0 N–H and O–H groups in total. The number of ether oxygens (including phenoxy) is 3. The highest BCUT2D eigenvalue weighted by Gasteiger charge is 2.26. The molecule has 7 nitrogen and oxygen atoms in total. The first-order chi connectivity index (χ1) is 16.0. The Hall–Kier alpha value is -3.10. The van der Waals surface area contributed by atoms with Crippen LogP contribution in [-0.2, 0) is 13.2 Å². The zero-order valence-corrected chi connectivity index (χ0v) is 19.7. The fraction of sp³-hybridized carbons (Fsp3) is 0.360. The van der Waals surface area contributed by atoms with Crippen molar-refractivity contribution < 1.29 is 19.0 Å². The number of hydrogen-bond acceptors (Lipinski definition) is 7. The molecule has 1 aromatic heterocycles. The number of carbonyl (C=O) groups excluding carboxylic acids is 1. The summed E-state index contributed by atoms with van der Waals surface area (Å²) in [6, 6.07) is 14.0. The molecule has 0 spiro atoms. The third-order valence-corrected chi connectivity index (χ3v) is 7.04. The van der Waals surface area contributed by atoms with Gasteiger partial charge in [-0.3, -0.25) is 9.69 Å². The summed E-state index contributed by atoms with van der Waals surface area (Å²) in [5, 5.41) is 0.817. The molecule has 0 radical (unpaired) electrons. The van der Waals surface area contributed by atoms with Gasteiger partial charge < -0.3 is 19.1 Å². The molecule has 33 heavy (non-hydrogen) atoms. The zero-order valence-electron chi connectivity index (χ0n) is 18.9. The van der Waals surface area contributed by atoms with Gasteiger partial charge in [0.15, 0.2) is 11.5 Å². The van der Waals surface area contributed by atoms with Gasteiger partial charge in [-0.2, -0.15) is 0 Å². The topological polar surface area (TPSA) is 64.1 Å². The van der Waals surface area contributed by atoms with Gasteiger partial charge in [-0.1, -0.05) is 23.8 Å². The standard InChI is InChI=1S/C25H27N3O4S/c1-17-3-6-20(7-4-17)30-15-23-26-18(2)24(33-23)25(29)28-11-9-27(10-12-28)14-19-5-8-21-22(13-19)32-16-31-21/h3-8,13H,9-12,14-16H2,1-2H3. The fourth-order valence-electron chi connectivity index (χ4n) is 4.04. The van der Waals surface area contributed by atoms with E-state index < -0.39 is 0 Å². The van der Waals surface area contributed by atoms with Gasteiger partial charge in [0.05, 0.1) is 5.69 Å². The molecule has 1 amide bonds. The summed E-state index contributed by atoms with van der Waals surface area (Å²) >= 11 is 1.43. The van der Waals surface area contributed by atoms with E-state index in [1.165, 1.54) is 22.5 Å². The molecule has 8 heteroatoms. The van der Waals surface area contributed by atoms with Crippen LogP contribution in [-0.4, -0.2) is 53.7 Å². The summed E-state index contributed by atoms with van der Waals surface area (Å²) in [7, 11) is 0. The second-order valence-corrected chi connectivity index (χ2v) is 9.46. The summed E-state index contributed by atoms with van der Waals surface area (Å²) in [5.41, 5.74) is 3.15. The molecule has 172 valence electrons. The van der Waals surface area contributed by atoms with Gasteiger partial charge >= 0.3 is 0 Å². The van der Waals surface area contributed by atoms with Crippen molar-refractivity contribution in [3.63, 3.8) is 0 Å². The van der Waals surface area contributed by atoms with Crippen molar-refractivity contribution in [2.24, 2.45) is 0 Å². The molecule has 2 aromatic carbocycles. The highest BCUT2D eigenvalue weighted by molar-refractivity contribution is 7.13. The number of benzene rings is 2. The SMILES string of the molecule is Cc1ccc(OCc2nc(C)c(C(=O)N3CCN(Cc4ccc5c(c4)OCO5)CC3)s2)cc1. The molecule has 0 bridgehead atoms. The number of amides is 1. The number of nitrogens with zero attached hydrogens (tertiary/aromatic N) is 3. The number of fused-ring (bicyclic) bond motifs is 1. The molecule has 3 heterocycles. The van der Waals surface area contributed by atoms with Gasteiger partial charge in [0.25, 0.3) is 5.91 Å². The van der Waals surface area contributed by atoms with E-state index in [2.05, 4.69) is 16.0 Å². The number of aryl methyl sites for hydroxylation is 2. The Morgan fingerprint density at radius 2 is 1.79 bits per heavy atom. The minimum atomic E-state index is 0.0642. The average molecular weight is 466 g/mol. The number of hydrogen-bond donors (Lipinski definition) is 0. The minimum absolute atomic E-state index is 0.0642. The molecule has 0 atom stereocenters. The lowest BCUT2D eigenvalue weighted by Crippen LogP contribution is -2.48. The van der Waals surface area contributed by atoms with E-state index in [1.807, 2.05) is 55.1 Å². The molecule has 3 aromatic rings. The van der Waals surface area contributed by atoms with E-state index >= 15 is 0 Å². The van der Waals surface area contributed by atoms with E-state index in [0.717, 1.165) is 47.6 Å². The molecular weight excluding hydrogens is 438 g/mol. The predicted octanol–water partition coefficient (Wildman–Crippen LogP) is 4.03. The van der Waals surface area contributed by atoms with Crippen LogP contribution >= 0.6 is 11.3 Å². The van der Waals surface area contributed by atoms with Crippen LogP contribution in [0.5, 0.6) is 17.2 Å². The summed E-state index contributed by atoms with van der Waals surface area (Å²) in [4.78, 5) is 22.7. The first-order valence-corrected chi connectivity index (χ1v) is 11.9. The van der Waals surface area contributed by atoms with E-state index in [9.17, 15) is 4.79 Å². The Kier molecular flexibility index (Phi) is 6.20. The summed E-state index contributed by atoms with van der Waals surface area (Å²) in [6.07, 6.45) is 0. The molecule has 0 saturated carbocycles. The summed E-state index contributed by atoms with van der Waals surface area (Å²) in [5.74, 6) is 2.48. The van der Waals surface area contributed by atoms with Crippen molar-refractivity contribution in [3.05, 3.63) is 69.2 Å². The molecule has 1 saturated heterocycles. The second kappa shape index (κ2) is 9.41. The normalized spacial score (nSPS) is 15.6. The van der Waals surface area contributed by atoms with Crippen LogP contribution in [0.15, 0.2) is 42.5 Å². The second-order valence-electron chi connectivity index (χ2n) is 8.38. The third-order valence-electron chi connectivity index (χ3n) is 5.92. The minimum Gasteiger partial charge on any atom is -0.486 e. The zero-order chi connectivity index (χ0) is 22.8. The van der Waals surface area contributed by atoms with Crippen LogP contribution in [0.1, 0.15) is 31.5 Å². The maximum absolute atomic E-state index is 13.1. The van der Waals surface area contributed by atoms with E-state index in [-0.39, 0.29) is 12.7 Å². The molecule has 0 unspecified atom stereocenters. The van der Waals surface area contributed by atoms with Gasteiger partial charge in [0.2, 0.25) is 6.79 Å². The van der Waals surface area contributed by atoms with Gasteiger partial charge in [-0.15, -0.1) is 11.3 Å². The van der Waals surface area contributed by atoms with E-state index in [0.29, 0.717) is 24.6 Å². The number of aromatic nitrogens is 1. The summed E-state index contributed by atoms with van der Waals surface area (Å²) < 4.78 is 16.7. The molecule has 0 aliphatic carbocycles. The van der Waals surface area contributed by atoms with Gasteiger partial charge in [-0.05, 0) is 43.7 Å². The van der Waals surface area contributed by atoms with Crippen molar-refractivity contribution in [1.82, 2.24) is 14.8 Å². The molecule has 2 aliphatic heterocycles. The molecule has 2 aliphatic rings. The Morgan fingerprint density at radius 1 is 1.03 bits per heavy atom. The lowest BCUT2D eigenvalue weighted by Gasteiger charge is -2.34. The van der Waals surface area contributed by atoms with Crippen molar-refractivity contribution in [1.29, 1.82) is 0 Å². The van der Waals surface area contributed by atoms with Crippen molar-refractivity contribution in [2.45, 2.75) is 27.0 Å². The fourth-order valence-corrected chi connectivity index (χ4v) is 4.99. The lowest BCUT2D eigenvalue weighted by atomic mass is 10.1. The van der Waals surface area contributed by atoms with Crippen molar-refractivity contribution in [3.8, 4) is 17.2 Å². The maximum Gasteiger partial charge on any atom is 0.265 e. The predicted molar refractivity (Wildman–Crippen MR) is 126 cm³/mol. The number of thiazole rings is 1. The van der Waals surface area contributed by atoms with Crippen LogP contribution in [0.4, 0.5) is 0 Å². The van der Waals surface area contributed by atoms with Crippen molar-refractivity contribution >= 4 is 17.2 Å². The third kappa shape index (κ3) is 4.96. The highest BCUT2D eigenvalue weighted by atomic mass is 32.1. The number of piperazine rings is 1. The largest absolute Gasteiger partial charge is 0.486 e. The Bertz CT molecular complexity index is 1140. The van der Waals surface area contributed by atoms with E-state index in [1.54, 1.807) is 0 Å². The van der Waals surface area contributed by atoms with Gasteiger partial charge in [0.1, 0.15) is 22.2 Å². The smallest absolute Gasteiger partial charge is 0.265 e. The highest BCUT2D eigenvalue weighted by Crippen LogP contribution is 2.33.